The lowest BCUT2D eigenvalue weighted by atomic mass is 10.2. The Morgan fingerprint density at radius 3 is 2.86 bits per heavy atom. The highest BCUT2D eigenvalue weighted by Gasteiger charge is 2.05. The maximum atomic E-state index is 9.72. The van der Waals surface area contributed by atoms with Gasteiger partial charge in [0.25, 0.3) is 0 Å². The molecule has 0 aliphatic heterocycles. The van der Waals surface area contributed by atoms with E-state index in [0.29, 0.717) is 5.69 Å². The number of para-hydroxylation sites is 1. The quantitative estimate of drug-likeness (QED) is 0.668. The van der Waals surface area contributed by atoms with Crippen LogP contribution in [0, 0.1) is 11.3 Å². The van der Waals surface area contributed by atoms with Gasteiger partial charge in [0, 0.05) is 17.0 Å². The Labute approximate surface area is 80.9 Å². The van der Waals surface area contributed by atoms with Crippen LogP contribution in [0.2, 0.25) is 0 Å². The fourth-order valence-electron chi connectivity index (χ4n) is 1.39. The van der Waals surface area contributed by atoms with Gasteiger partial charge in [0.2, 0.25) is 0 Å². The van der Waals surface area contributed by atoms with Crippen LogP contribution in [0.15, 0.2) is 30.3 Å². The maximum absolute atomic E-state index is 9.72. The summed E-state index contributed by atoms with van der Waals surface area (Å²) in [6.45, 7) is 0. The summed E-state index contributed by atoms with van der Waals surface area (Å²) in [5.41, 5.74) is 1.43. The van der Waals surface area contributed by atoms with Crippen molar-refractivity contribution in [2.75, 3.05) is 0 Å². The SMILES string of the molecule is N#CC=Cc1[nH]c2ccccc2c1O. The molecule has 0 aliphatic rings. The van der Waals surface area contributed by atoms with E-state index in [0.717, 1.165) is 10.9 Å². The number of nitrogens with zero attached hydrogens (tertiary/aromatic N) is 1. The minimum Gasteiger partial charge on any atom is -0.505 e. The summed E-state index contributed by atoms with van der Waals surface area (Å²) in [4.78, 5) is 3.01. The molecule has 2 N–H and O–H groups in total. The van der Waals surface area contributed by atoms with Crippen molar-refractivity contribution >= 4 is 17.0 Å². The van der Waals surface area contributed by atoms with E-state index in [1.807, 2.05) is 30.3 Å². The van der Waals surface area contributed by atoms with Crippen LogP contribution in [0.3, 0.4) is 0 Å². The molecule has 0 fully saturated rings. The van der Waals surface area contributed by atoms with Crippen molar-refractivity contribution in [3.63, 3.8) is 0 Å². The summed E-state index contributed by atoms with van der Waals surface area (Å²) in [5, 5.41) is 18.9. The fraction of sp³-hybridized carbons (Fsp3) is 0. The molecular weight excluding hydrogens is 176 g/mol. The number of hydrogen-bond acceptors (Lipinski definition) is 2. The summed E-state index contributed by atoms with van der Waals surface area (Å²) in [7, 11) is 0. The third-order valence-electron chi connectivity index (χ3n) is 2.03. The molecule has 0 atom stereocenters. The maximum Gasteiger partial charge on any atom is 0.148 e. The molecule has 3 heteroatoms. The lowest BCUT2D eigenvalue weighted by Gasteiger charge is -1.88. The van der Waals surface area contributed by atoms with Crippen molar-refractivity contribution in [1.29, 1.82) is 5.26 Å². The normalized spacial score (nSPS) is 10.8. The Bertz CT molecular complexity index is 532. The highest BCUT2D eigenvalue weighted by atomic mass is 16.3. The van der Waals surface area contributed by atoms with Gasteiger partial charge < -0.3 is 10.1 Å². The number of nitrogens with one attached hydrogen (secondary N) is 1. The largest absolute Gasteiger partial charge is 0.505 e. The van der Waals surface area contributed by atoms with Gasteiger partial charge in [-0.25, -0.2) is 0 Å². The summed E-state index contributed by atoms with van der Waals surface area (Å²) in [5.74, 6) is 0.187. The zero-order chi connectivity index (χ0) is 9.97. The van der Waals surface area contributed by atoms with Crippen molar-refractivity contribution in [3.05, 3.63) is 36.0 Å². The number of hydrogen-bond donors (Lipinski definition) is 2. The van der Waals surface area contributed by atoms with Gasteiger partial charge in [-0.2, -0.15) is 5.26 Å². The lowest BCUT2D eigenvalue weighted by molar-refractivity contribution is 0.480. The lowest BCUT2D eigenvalue weighted by Crippen LogP contribution is -1.69. The van der Waals surface area contributed by atoms with E-state index < -0.39 is 0 Å². The van der Waals surface area contributed by atoms with Crippen molar-refractivity contribution < 1.29 is 5.11 Å². The molecule has 14 heavy (non-hydrogen) atoms. The monoisotopic (exact) mass is 184 g/mol. The minimum absolute atomic E-state index is 0.187. The Hall–Kier alpha value is -2.21. The van der Waals surface area contributed by atoms with Crippen LogP contribution >= 0.6 is 0 Å². The summed E-state index contributed by atoms with van der Waals surface area (Å²) in [6, 6.07) is 9.31. The van der Waals surface area contributed by atoms with E-state index in [-0.39, 0.29) is 5.75 Å². The van der Waals surface area contributed by atoms with Crippen molar-refractivity contribution in [2.45, 2.75) is 0 Å². The molecule has 3 nitrogen and oxygen atoms in total. The number of aromatic amines is 1. The number of aromatic hydroxyl groups is 1. The molecule has 1 heterocycles. The number of aromatic nitrogens is 1. The summed E-state index contributed by atoms with van der Waals surface area (Å²) >= 11 is 0. The van der Waals surface area contributed by atoms with Gasteiger partial charge in [-0.1, -0.05) is 12.1 Å². The second-order valence-corrected chi connectivity index (χ2v) is 2.90. The molecule has 0 aliphatic carbocycles. The first kappa shape index (κ1) is 8.39. The van der Waals surface area contributed by atoms with E-state index in [1.54, 1.807) is 6.08 Å². The molecule has 0 amide bonds. The molecule has 0 saturated heterocycles. The van der Waals surface area contributed by atoms with Crippen LogP contribution in [-0.4, -0.2) is 10.1 Å². The average molecular weight is 184 g/mol. The van der Waals surface area contributed by atoms with Gasteiger partial charge in [-0.15, -0.1) is 0 Å². The topological polar surface area (TPSA) is 59.8 Å². The molecule has 0 radical (unpaired) electrons. The fourth-order valence-corrected chi connectivity index (χ4v) is 1.39. The van der Waals surface area contributed by atoms with Crippen LogP contribution in [0.5, 0.6) is 5.75 Å². The highest BCUT2D eigenvalue weighted by molar-refractivity contribution is 5.90. The summed E-state index contributed by atoms with van der Waals surface area (Å²) in [6.07, 6.45) is 2.87. The molecule has 68 valence electrons. The van der Waals surface area contributed by atoms with Crippen LogP contribution in [-0.2, 0) is 0 Å². The Morgan fingerprint density at radius 2 is 2.14 bits per heavy atom. The van der Waals surface area contributed by atoms with Gasteiger partial charge >= 0.3 is 0 Å². The van der Waals surface area contributed by atoms with Crippen molar-refractivity contribution in [2.24, 2.45) is 0 Å². The predicted molar refractivity (Wildman–Crippen MR) is 54.6 cm³/mol. The number of allylic oxidation sites excluding steroid dienone is 1. The van der Waals surface area contributed by atoms with Gasteiger partial charge in [-0.05, 0) is 18.2 Å². The second kappa shape index (κ2) is 3.27. The Balaban J connectivity index is 2.64. The van der Waals surface area contributed by atoms with Crippen LogP contribution in [0.4, 0.5) is 0 Å². The zero-order valence-electron chi connectivity index (χ0n) is 7.36. The standard InChI is InChI=1S/C11H8N2O/c12-7-3-6-10-11(14)8-4-1-2-5-9(8)13-10/h1-6,13-14H. The number of nitriles is 1. The zero-order valence-corrected chi connectivity index (χ0v) is 7.36. The van der Waals surface area contributed by atoms with Crippen molar-refractivity contribution in [1.82, 2.24) is 4.98 Å². The molecule has 0 unspecified atom stereocenters. The molecular formula is C11H8N2O. The first-order valence-corrected chi connectivity index (χ1v) is 4.19. The first-order valence-electron chi connectivity index (χ1n) is 4.19. The van der Waals surface area contributed by atoms with E-state index in [2.05, 4.69) is 4.98 Å². The van der Waals surface area contributed by atoms with Gasteiger partial charge in [0.05, 0.1) is 11.8 Å². The van der Waals surface area contributed by atoms with Crippen LogP contribution < -0.4 is 0 Å². The smallest absolute Gasteiger partial charge is 0.148 e. The number of rotatable bonds is 1. The molecule has 0 saturated carbocycles. The number of fused-ring (bicyclic) bond motifs is 1. The Kier molecular flexibility index (Phi) is 1.96. The average Bonchev–Trinajstić information content (AvgIpc) is 2.54. The second-order valence-electron chi connectivity index (χ2n) is 2.90. The molecule has 0 spiro atoms. The predicted octanol–water partition coefficient (Wildman–Crippen LogP) is 2.41. The number of benzene rings is 1. The van der Waals surface area contributed by atoms with E-state index in [1.165, 1.54) is 6.08 Å². The minimum atomic E-state index is 0.187. The third-order valence-corrected chi connectivity index (χ3v) is 2.03. The van der Waals surface area contributed by atoms with Gasteiger partial charge in [0.15, 0.2) is 0 Å². The molecule has 1 aromatic heterocycles. The Morgan fingerprint density at radius 1 is 1.36 bits per heavy atom. The molecule has 1 aromatic carbocycles. The first-order chi connectivity index (χ1) is 6.83. The number of H-pyrrole nitrogens is 1. The van der Waals surface area contributed by atoms with Crippen LogP contribution in [0.25, 0.3) is 17.0 Å². The molecule has 2 aromatic rings. The van der Waals surface area contributed by atoms with E-state index >= 15 is 0 Å². The van der Waals surface area contributed by atoms with Gasteiger partial charge in [0.1, 0.15) is 5.75 Å². The van der Waals surface area contributed by atoms with Crippen molar-refractivity contribution in [3.8, 4) is 11.8 Å². The van der Waals surface area contributed by atoms with Gasteiger partial charge in [-0.3, -0.25) is 0 Å². The third kappa shape index (κ3) is 1.23. The molecule has 2 rings (SSSR count). The van der Waals surface area contributed by atoms with E-state index in [4.69, 9.17) is 5.26 Å². The highest BCUT2D eigenvalue weighted by Crippen LogP contribution is 2.29. The van der Waals surface area contributed by atoms with Crippen LogP contribution in [0.1, 0.15) is 5.69 Å². The molecule has 0 bridgehead atoms. The van der Waals surface area contributed by atoms with E-state index in [9.17, 15) is 5.11 Å². The summed E-state index contributed by atoms with van der Waals surface area (Å²) < 4.78 is 0.